The minimum atomic E-state index is -2.90. The quantitative estimate of drug-likeness (QED) is 0.569. The number of aromatic nitrogens is 4. The van der Waals surface area contributed by atoms with E-state index in [-0.39, 0.29) is 11.0 Å². The molecule has 5 rings (SSSR count). The fourth-order valence-electron chi connectivity index (χ4n) is 3.89. The number of ether oxygens (including phenoxy) is 2. The SMILES string of the molecule is FC(F)Oc1cccc(-n2ncc3c(N4CC(N5CCOCC5)C4)nc(Cl)nc32)c1. The molecule has 0 saturated carbocycles. The molecular formula is C19H19ClF2N6O2. The summed E-state index contributed by atoms with van der Waals surface area (Å²) in [4.78, 5) is 13.3. The van der Waals surface area contributed by atoms with Crippen molar-refractivity contribution in [2.24, 2.45) is 0 Å². The molecule has 2 fully saturated rings. The van der Waals surface area contributed by atoms with Gasteiger partial charge in [0.1, 0.15) is 11.6 Å². The average Bonchev–Trinajstić information content (AvgIpc) is 3.11. The van der Waals surface area contributed by atoms with Crippen molar-refractivity contribution in [2.45, 2.75) is 12.7 Å². The maximum Gasteiger partial charge on any atom is 0.387 e. The molecule has 0 bridgehead atoms. The summed E-state index contributed by atoms with van der Waals surface area (Å²) in [7, 11) is 0. The second-order valence-corrected chi connectivity index (χ2v) is 7.53. The Labute approximate surface area is 176 Å². The molecule has 1 aromatic carbocycles. The first-order valence-electron chi connectivity index (χ1n) is 9.62. The first-order valence-corrected chi connectivity index (χ1v) is 9.99. The van der Waals surface area contributed by atoms with Gasteiger partial charge in [-0.05, 0) is 23.7 Å². The van der Waals surface area contributed by atoms with Crippen LogP contribution in [0.2, 0.25) is 5.28 Å². The normalized spacial score (nSPS) is 18.2. The van der Waals surface area contributed by atoms with Gasteiger partial charge in [-0.3, -0.25) is 4.90 Å². The molecule has 0 unspecified atom stereocenters. The van der Waals surface area contributed by atoms with E-state index < -0.39 is 6.61 Å². The molecular weight excluding hydrogens is 418 g/mol. The summed E-state index contributed by atoms with van der Waals surface area (Å²) in [5.74, 6) is 0.767. The first-order chi connectivity index (χ1) is 14.6. The summed E-state index contributed by atoms with van der Waals surface area (Å²) in [6, 6.07) is 6.74. The Bertz CT molecular complexity index is 1050. The first kappa shape index (κ1) is 19.4. The minimum Gasteiger partial charge on any atom is -0.435 e. The lowest BCUT2D eigenvalue weighted by Crippen LogP contribution is -2.61. The average molecular weight is 437 g/mol. The fraction of sp³-hybridized carbons (Fsp3) is 0.421. The molecule has 0 N–H and O–H groups in total. The Morgan fingerprint density at radius 2 is 1.97 bits per heavy atom. The molecule has 2 aliphatic heterocycles. The van der Waals surface area contributed by atoms with Crippen LogP contribution < -0.4 is 9.64 Å². The summed E-state index contributed by atoms with van der Waals surface area (Å²) in [5, 5.41) is 5.25. The van der Waals surface area contributed by atoms with Gasteiger partial charge >= 0.3 is 6.61 Å². The van der Waals surface area contributed by atoms with Crippen LogP contribution in [0.3, 0.4) is 0 Å². The van der Waals surface area contributed by atoms with Crippen LogP contribution in [-0.4, -0.2) is 76.7 Å². The van der Waals surface area contributed by atoms with Crippen LogP contribution in [0.25, 0.3) is 16.7 Å². The van der Waals surface area contributed by atoms with Crippen LogP contribution >= 0.6 is 11.6 Å². The highest BCUT2D eigenvalue weighted by Gasteiger charge is 2.34. The van der Waals surface area contributed by atoms with Crippen LogP contribution in [-0.2, 0) is 4.74 Å². The highest BCUT2D eigenvalue weighted by Crippen LogP contribution is 2.31. The van der Waals surface area contributed by atoms with E-state index in [0.29, 0.717) is 17.4 Å². The maximum atomic E-state index is 12.6. The Hall–Kier alpha value is -2.56. The van der Waals surface area contributed by atoms with Crippen LogP contribution in [0.1, 0.15) is 0 Å². The van der Waals surface area contributed by atoms with Crippen LogP contribution in [0.4, 0.5) is 14.6 Å². The molecule has 2 saturated heterocycles. The molecule has 0 radical (unpaired) electrons. The van der Waals surface area contributed by atoms with Crippen molar-refractivity contribution in [1.29, 1.82) is 0 Å². The molecule has 2 aromatic heterocycles. The van der Waals surface area contributed by atoms with Gasteiger partial charge < -0.3 is 14.4 Å². The van der Waals surface area contributed by atoms with Crippen molar-refractivity contribution in [2.75, 3.05) is 44.3 Å². The second kappa shape index (κ2) is 7.93. The molecule has 8 nitrogen and oxygen atoms in total. The van der Waals surface area contributed by atoms with E-state index >= 15 is 0 Å². The van der Waals surface area contributed by atoms with Gasteiger partial charge in [0.05, 0.1) is 30.5 Å². The lowest BCUT2D eigenvalue weighted by Gasteiger charge is -2.47. The van der Waals surface area contributed by atoms with Crippen molar-refractivity contribution in [3.63, 3.8) is 0 Å². The van der Waals surface area contributed by atoms with Gasteiger partial charge in [0.2, 0.25) is 5.28 Å². The summed E-state index contributed by atoms with van der Waals surface area (Å²) >= 11 is 6.21. The lowest BCUT2D eigenvalue weighted by atomic mass is 10.1. The summed E-state index contributed by atoms with van der Waals surface area (Å²) in [6.07, 6.45) is 1.67. The Morgan fingerprint density at radius 3 is 2.73 bits per heavy atom. The van der Waals surface area contributed by atoms with Gasteiger partial charge in [-0.1, -0.05) is 6.07 Å². The molecule has 0 spiro atoms. The number of rotatable bonds is 5. The van der Waals surface area contributed by atoms with Crippen molar-refractivity contribution in [3.8, 4) is 11.4 Å². The number of alkyl halides is 2. The topological polar surface area (TPSA) is 68.5 Å². The highest BCUT2D eigenvalue weighted by molar-refractivity contribution is 6.28. The predicted molar refractivity (Wildman–Crippen MR) is 107 cm³/mol. The Morgan fingerprint density at radius 1 is 1.17 bits per heavy atom. The van der Waals surface area contributed by atoms with E-state index in [1.165, 1.54) is 12.1 Å². The number of halogens is 3. The monoisotopic (exact) mass is 436 g/mol. The molecule has 2 aliphatic rings. The molecule has 0 atom stereocenters. The lowest BCUT2D eigenvalue weighted by molar-refractivity contribution is -0.0498. The van der Waals surface area contributed by atoms with Crippen LogP contribution in [0.5, 0.6) is 5.75 Å². The zero-order valence-electron chi connectivity index (χ0n) is 15.9. The smallest absolute Gasteiger partial charge is 0.387 e. The number of hydrogen-bond donors (Lipinski definition) is 0. The van der Waals surface area contributed by atoms with E-state index in [2.05, 4.69) is 29.6 Å². The van der Waals surface area contributed by atoms with Gasteiger partial charge in [0.25, 0.3) is 0 Å². The summed E-state index contributed by atoms with van der Waals surface area (Å²) in [5.41, 5.74) is 1.05. The zero-order valence-corrected chi connectivity index (χ0v) is 16.7. The van der Waals surface area contributed by atoms with E-state index in [0.717, 1.165) is 50.6 Å². The third-order valence-corrected chi connectivity index (χ3v) is 5.56. The van der Waals surface area contributed by atoms with Crippen molar-refractivity contribution in [1.82, 2.24) is 24.6 Å². The maximum absolute atomic E-state index is 12.6. The Kier molecular flexibility index (Phi) is 5.13. The zero-order chi connectivity index (χ0) is 20.7. The largest absolute Gasteiger partial charge is 0.435 e. The third-order valence-electron chi connectivity index (χ3n) is 5.39. The van der Waals surface area contributed by atoms with Gasteiger partial charge in [-0.15, -0.1) is 0 Å². The number of anilines is 1. The molecule has 3 aromatic rings. The van der Waals surface area contributed by atoms with Crippen LogP contribution in [0.15, 0.2) is 30.5 Å². The number of nitrogens with zero attached hydrogens (tertiary/aromatic N) is 6. The van der Waals surface area contributed by atoms with Crippen LogP contribution in [0, 0.1) is 0 Å². The molecule has 158 valence electrons. The number of hydrogen-bond acceptors (Lipinski definition) is 7. The van der Waals surface area contributed by atoms with E-state index in [9.17, 15) is 8.78 Å². The van der Waals surface area contributed by atoms with E-state index in [4.69, 9.17) is 16.3 Å². The third kappa shape index (κ3) is 3.66. The van der Waals surface area contributed by atoms with E-state index in [1.54, 1.807) is 23.0 Å². The minimum absolute atomic E-state index is 0.0441. The van der Waals surface area contributed by atoms with E-state index in [1.807, 2.05) is 0 Å². The van der Waals surface area contributed by atoms with Crippen molar-refractivity contribution >= 4 is 28.5 Å². The molecule has 30 heavy (non-hydrogen) atoms. The van der Waals surface area contributed by atoms with Gasteiger partial charge in [0.15, 0.2) is 5.65 Å². The molecule has 0 aliphatic carbocycles. The van der Waals surface area contributed by atoms with Gasteiger partial charge in [0, 0.05) is 38.3 Å². The number of morpholine rings is 1. The predicted octanol–water partition coefficient (Wildman–Crippen LogP) is 2.59. The van der Waals surface area contributed by atoms with Gasteiger partial charge in [-0.25, -0.2) is 4.68 Å². The number of fused-ring (bicyclic) bond motifs is 1. The molecule has 4 heterocycles. The van der Waals surface area contributed by atoms with Gasteiger partial charge in [-0.2, -0.15) is 23.8 Å². The standard InChI is InChI=1S/C19H19ClF2N6O2/c20-18-24-16(27-10-13(11-27)26-4-6-29-7-5-26)15-9-23-28(17(15)25-18)12-2-1-3-14(8-12)30-19(21)22/h1-3,8-9,13,19H,4-7,10-11H2. The highest BCUT2D eigenvalue weighted by atomic mass is 35.5. The number of benzene rings is 1. The second-order valence-electron chi connectivity index (χ2n) is 7.19. The summed E-state index contributed by atoms with van der Waals surface area (Å²) < 4.78 is 36.6. The van der Waals surface area contributed by atoms with Crippen molar-refractivity contribution < 1.29 is 18.3 Å². The Balaban J connectivity index is 1.43. The summed E-state index contributed by atoms with van der Waals surface area (Å²) in [6.45, 7) is 2.18. The fourth-order valence-corrected chi connectivity index (χ4v) is 4.05. The van der Waals surface area contributed by atoms with Crippen molar-refractivity contribution in [3.05, 3.63) is 35.7 Å². The molecule has 11 heteroatoms. The molecule has 0 amide bonds.